The van der Waals surface area contributed by atoms with Gasteiger partial charge in [-0.3, -0.25) is 20.4 Å². The van der Waals surface area contributed by atoms with Crippen molar-refractivity contribution in [2.75, 3.05) is 6.61 Å². The van der Waals surface area contributed by atoms with Crippen LogP contribution in [0.3, 0.4) is 0 Å². The first-order valence-corrected chi connectivity index (χ1v) is 9.03. The van der Waals surface area contributed by atoms with Crippen LogP contribution in [0.25, 0.3) is 0 Å². The molecule has 1 fully saturated rings. The molecule has 0 aromatic heterocycles. The summed E-state index contributed by atoms with van der Waals surface area (Å²) in [5.41, 5.74) is 5.50. The summed E-state index contributed by atoms with van der Waals surface area (Å²) in [4.78, 5) is 23.9. The second kappa shape index (κ2) is 9.96. The van der Waals surface area contributed by atoms with Gasteiger partial charge in [-0.05, 0) is 43.5 Å². The van der Waals surface area contributed by atoms with Crippen LogP contribution < -0.4 is 15.6 Å². The van der Waals surface area contributed by atoms with E-state index in [1.807, 2.05) is 0 Å². The zero-order valence-electron chi connectivity index (χ0n) is 14.5. The van der Waals surface area contributed by atoms with Gasteiger partial charge in [-0.25, -0.2) is 0 Å². The summed E-state index contributed by atoms with van der Waals surface area (Å²) in [5.74, 6) is 0.399. The fourth-order valence-electron chi connectivity index (χ4n) is 2.90. The van der Waals surface area contributed by atoms with Gasteiger partial charge in [0.05, 0.1) is 6.61 Å². The Kier molecular flexibility index (Phi) is 7.59. The van der Waals surface area contributed by atoms with E-state index in [-0.39, 0.29) is 17.7 Å². The Hall–Kier alpha value is -2.04. The summed E-state index contributed by atoms with van der Waals surface area (Å²) < 4.78 is 5.65. The summed E-state index contributed by atoms with van der Waals surface area (Å²) >= 11 is 0. The highest BCUT2D eigenvalue weighted by Gasteiger charge is 2.22. The lowest BCUT2D eigenvalue weighted by atomic mass is 10.1. The van der Waals surface area contributed by atoms with Crippen molar-refractivity contribution in [1.82, 2.24) is 10.9 Å². The maximum absolute atomic E-state index is 12.0. The van der Waals surface area contributed by atoms with Gasteiger partial charge in [0.2, 0.25) is 5.91 Å². The van der Waals surface area contributed by atoms with Gasteiger partial charge >= 0.3 is 0 Å². The molecule has 132 valence electrons. The number of hydrogen-bond acceptors (Lipinski definition) is 3. The molecule has 0 radical (unpaired) electrons. The molecule has 1 aliphatic rings. The smallest absolute Gasteiger partial charge is 0.269 e. The number of hydrazine groups is 1. The van der Waals surface area contributed by atoms with Crippen LogP contribution >= 0.6 is 0 Å². The number of rotatable bonds is 8. The number of unbranched alkanes of at least 4 members (excludes halogenated alkanes) is 3. The van der Waals surface area contributed by atoms with E-state index in [4.69, 9.17) is 4.74 Å². The maximum atomic E-state index is 12.0. The number of carbonyl (C=O) groups is 2. The second-order valence-electron chi connectivity index (χ2n) is 6.36. The average Bonchev–Trinajstić information content (AvgIpc) is 3.14. The van der Waals surface area contributed by atoms with E-state index >= 15 is 0 Å². The highest BCUT2D eigenvalue weighted by atomic mass is 16.5. The van der Waals surface area contributed by atoms with E-state index in [9.17, 15) is 9.59 Å². The molecule has 0 atom stereocenters. The lowest BCUT2D eigenvalue weighted by molar-refractivity contribution is -0.125. The van der Waals surface area contributed by atoms with Gasteiger partial charge in [0.1, 0.15) is 5.75 Å². The van der Waals surface area contributed by atoms with Crippen molar-refractivity contribution in [3.63, 3.8) is 0 Å². The number of ether oxygens (including phenoxy) is 1. The Labute approximate surface area is 144 Å². The van der Waals surface area contributed by atoms with Gasteiger partial charge in [-0.2, -0.15) is 0 Å². The molecule has 24 heavy (non-hydrogen) atoms. The first-order chi connectivity index (χ1) is 11.7. The van der Waals surface area contributed by atoms with Crippen LogP contribution in [0.4, 0.5) is 0 Å². The van der Waals surface area contributed by atoms with Crippen LogP contribution in [0.5, 0.6) is 5.75 Å². The first kappa shape index (κ1) is 18.3. The van der Waals surface area contributed by atoms with Crippen LogP contribution in [0, 0.1) is 5.92 Å². The number of amides is 2. The van der Waals surface area contributed by atoms with E-state index in [2.05, 4.69) is 17.8 Å². The predicted octanol–water partition coefficient (Wildman–Crippen LogP) is 3.60. The third-order valence-corrected chi connectivity index (χ3v) is 4.41. The molecule has 2 amide bonds. The fraction of sp³-hybridized carbons (Fsp3) is 0.579. The minimum Gasteiger partial charge on any atom is -0.494 e. The molecular weight excluding hydrogens is 304 g/mol. The van der Waals surface area contributed by atoms with Gasteiger partial charge < -0.3 is 4.74 Å². The molecule has 0 saturated heterocycles. The van der Waals surface area contributed by atoms with Gasteiger partial charge in [-0.15, -0.1) is 0 Å². The van der Waals surface area contributed by atoms with E-state index in [0.29, 0.717) is 12.2 Å². The fourth-order valence-corrected chi connectivity index (χ4v) is 2.90. The summed E-state index contributed by atoms with van der Waals surface area (Å²) in [5, 5.41) is 0. The summed E-state index contributed by atoms with van der Waals surface area (Å²) in [6.45, 7) is 2.88. The standard InChI is InChI=1S/C19H28N2O3/c1-2-3-4-7-14-24-17-12-10-16(11-13-17)19(23)21-20-18(22)15-8-5-6-9-15/h10-13,15H,2-9,14H2,1H3,(H,20,22)(H,21,23). The molecule has 1 aromatic carbocycles. The Balaban J connectivity index is 1.71. The molecule has 2 rings (SSSR count). The average molecular weight is 332 g/mol. The normalized spacial score (nSPS) is 14.4. The van der Waals surface area contributed by atoms with Crippen LogP contribution in [-0.4, -0.2) is 18.4 Å². The van der Waals surface area contributed by atoms with Crippen molar-refractivity contribution in [1.29, 1.82) is 0 Å². The number of nitrogens with one attached hydrogen (secondary N) is 2. The number of benzene rings is 1. The molecule has 1 aliphatic carbocycles. The SMILES string of the molecule is CCCCCCOc1ccc(C(=O)NNC(=O)C2CCCC2)cc1. The molecule has 5 heteroatoms. The third kappa shape index (κ3) is 5.87. The van der Waals surface area contributed by atoms with Crippen molar-refractivity contribution < 1.29 is 14.3 Å². The van der Waals surface area contributed by atoms with Crippen LogP contribution in [0.2, 0.25) is 0 Å². The molecule has 0 spiro atoms. The minimum atomic E-state index is -0.309. The lowest BCUT2D eigenvalue weighted by Crippen LogP contribution is -2.44. The number of hydrogen-bond donors (Lipinski definition) is 2. The molecular formula is C19H28N2O3. The van der Waals surface area contributed by atoms with Crippen molar-refractivity contribution in [2.45, 2.75) is 58.3 Å². The zero-order valence-corrected chi connectivity index (χ0v) is 14.5. The van der Waals surface area contributed by atoms with E-state index < -0.39 is 0 Å². The Morgan fingerprint density at radius 3 is 2.42 bits per heavy atom. The molecule has 1 aromatic rings. The monoisotopic (exact) mass is 332 g/mol. The van der Waals surface area contributed by atoms with Crippen molar-refractivity contribution in [2.24, 2.45) is 5.92 Å². The van der Waals surface area contributed by atoms with Crippen LogP contribution in [0.15, 0.2) is 24.3 Å². The molecule has 1 saturated carbocycles. The van der Waals surface area contributed by atoms with E-state index in [0.717, 1.165) is 37.9 Å². The Morgan fingerprint density at radius 2 is 1.75 bits per heavy atom. The quantitative estimate of drug-likeness (QED) is 0.564. The summed E-state index contributed by atoms with van der Waals surface area (Å²) in [7, 11) is 0. The molecule has 0 heterocycles. The maximum Gasteiger partial charge on any atom is 0.269 e. The number of carbonyl (C=O) groups excluding carboxylic acids is 2. The van der Waals surface area contributed by atoms with E-state index in [1.165, 1.54) is 19.3 Å². The first-order valence-electron chi connectivity index (χ1n) is 9.03. The van der Waals surface area contributed by atoms with Crippen molar-refractivity contribution in [3.05, 3.63) is 29.8 Å². The second-order valence-corrected chi connectivity index (χ2v) is 6.36. The Bertz CT molecular complexity index is 522. The van der Waals surface area contributed by atoms with Gasteiger partial charge in [-0.1, -0.05) is 39.0 Å². The van der Waals surface area contributed by atoms with Crippen LogP contribution in [-0.2, 0) is 4.79 Å². The topological polar surface area (TPSA) is 67.4 Å². The highest BCUT2D eigenvalue weighted by molar-refractivity contribution is 5.95. The summed E-state index contributed by atoms with van der Waals surface area (Å²) in [6.07, 6.45) is 8.66. The zero-order chi connectivity index (χ0) is 17.2. The van der Waals surface area contributed by atoms with Crippen molar-refractivity contribution >= 4 is 11.8 Å². The van der Waals surface area contributed by atoms with Gasteiger partial charge in [0.25, 0.3) is 5.91 Å². The molecule has 0 unspecified atom stereocenters. The van der Waals surface area contributed by atoms with E-state index in [1.54, 1.807) is 24.3 Å². The third-order valence-electron chi connectivity index (χ3n) is 4.41. The Morgan fingerprint density at radius 1 is 1.04 bits per heavy atom. The highest BCUT2D eigenvalue weighted by Crippen LogP contribution is 2.24. The molecule has 5 nitrogen and oxygen atoms in total. The lowest BCUT2D eigenvalue weighted by Gasteiger charge is -2.11. The summed E-state index contributed by atoms with van der Waals surface area (Å²) in [6, 6.07) is 6.98. The van der Waals surface area contributed by atoms with Crippen molar-refractivity contribution in [3.8, 4) is 5.75 Å². The van der Waals surface area contributed by atoms with Gasteiger partial charge in [0, 0.05) is 11.5 Å². The van der Waals surface area contributed by atoms with Crippen LogP contribution in [0.1, 0.15) is 68.6 Å². The van der Waals surface area contributed by atoms with Gasteiger partial charge in [0.15, 0.2) is 0 Å². The minimum absolute atomic E-state index is 0.0359. The largest absolute Gasteiger partial charge is 0.494 e. The predicted molar refractivity (Wildman–Crippen MR) is 93.6 cm³/mol. The molecule has 2 N–H and O–H groups in total. The molecule has 0 bridgehead atoms. The molecule has 0 aliphatic heterocycles.